The molecule has 4 aromatic rings. The van der Waals surface area contributed by atoms with Crippen LogP contribution in [0.25, 0.3) is 21.7 Å². The van der Waals surface area contributed by atoms with E-state index in [1.807, 2.05) is 19.1 Å². The third-order valence-electron chi connectivity index (χ3n) is 5.44. The minimum atomic E-state index is -0.297. The fourth-order valence-corrected chi connectivity index (χ4v) is 3.83. The minimum absolute atomic E-state index is 0.0267. The fourth-order valence-electron chi connectivity index (χ4n) is 3.83. The molecule has 150 valence electrons. The predicted octanol–water partition coefficient (Wildman–Crippen LogP) is 5.25. The largest absolute Gasteiger partial charge is 0.304 e. The van der Waals surface area contributed by atoms with Gasteiger partial charge >= 0.3 is 0 Å². The highest BCUT2D eigenvalue weighted by Crippen LogP contribution is 2.26. The second-order valence-electron chi connectivity index (χ2n) is 7.44. The van der Waals surface area contributed by atoms with Gasteiger partial charge in [0.2, 0.25) is 0 Å². The number of pyridine rings is 2. The van der Waals surface area contributed by atoms with Crippen molar-refractivity contribution in [2.75, 3.05) is 0 Å². The van der Waals surface area contributed by atoms with E-state index in [4.69, 9.17) is 0 Å². The van der Waals surface area contributed by atoms with Gasteiger partial charge in [-0.25, -0.2) is 4.39 Å². The maximum Gasteiger partial charge on any atom is 0.260 e. The average molecular weight is 400 g/mol. The van der Waals surface area contributed by atoms with E-state index in [0.29, 0.717) is 29.4 Å². The van der Waals surface area contributed by atoms with Crippen molar-refractivity contribution in [3.63, 3.8) is 0 Å². The van der Waals surface area contributed by atoms with Gasteiger partial charge < -0.3 is 4.57 Å². The van der Waals surface area contributed by atoms with Crippen molar-refractivity contribution in [2.45, 2.75) is 25.8 Å². The maximum absolute atomic E-state index is 13.2. The van der Waals surface area contributed by atoms with E-state index in [1.165, 1.54) is 12.1 Å². The number of carbonyl (C=O) groups is 1. The highest BCUT2D eigenvalue weighted by atomic mass is 19.1. The minimum Gasteiger partial charge on any atom is -0.304 e. The number of fused-ring (bicyclic) bond motifs is 3. The summed E-state index contributed by atoms with van der Waals surface area (Å²) in [5.41, 5.74) is 1.99. The van der Waals surface area contributed by atoms with Gasteiger partial charge in [0.1, 0.15) is 5.82 Å². The molecule has 0 radical (unpaired) electrons. The number of carbonyl (C=O) groups excluding carboxylic acids is 1. The van der Waals surface area contributed by atoms with Crippen LogP contribution in [-0.4, -0.2) is 15.3 Å². The molecule has 0 aliphatic rings. The van der Waals surface area contributed by atoms with Crippen LogP contribution in [0.4, 0.5) is 4.39 Å². The SMILES string of the molecule is C=CCn1c(=O)c2cnccc2c2ccc(C(=O)C[C@H](C)c3ccc(F)cc3)cc21. The average Bonchev–Trinajstić information content (AvgIpc) is 2.76. The third kappa shape index (κ3) is 3.54. The number of Topliss-reactive ketones (excluding diaryl/α,β-unsaturated/α-hetero) is 1. The number of hydrogen-bond acceptors (Lipinski definition) is 3. The van der Waals surface area contributed by atoms with Crippen LogP contribution < -0.4 is 5.56 Å². The molecule has 0 amide bonds. The first-order valence-electron chi connectivity index (χ1n) is 9.79. The van der Waals surface area contributed by atoms with Crippen molar-refractivity contribution in [3.05, 3.63) is 101 Å². The summed E-state index contributed by atoms with van der Waals surface area (Å²) in [7, 11) is 0. The van der Waals surface area contributed by atoms with Crippen LogP contribution in [0.5, 0.6) is 0 Å². The summed E-state index contributed by atoms with van der Waals surface area (Å²) in [6, 6.07) is 13.5. The molecular formula is C25H21FN2O2. The lowest BCUT2D eigenvalue weighted by atomic mass is 9.92. The van der Waals surface area contributed by atoms with Gasteiger partial charge in [0, 0.05) is 36.3 Å². The van der Waals surface area contributed by atoms with E-state index < -0.39 is 0 Å². The Hall–Kier alpha value is -3.60. The summed E-state index contributed by atoms with van der Waals surface area (Å²) in [5, 5.41) is 2.23. The number of allylic oxidation sites excluding steroid dienone is 1. The van der Waals surface area contributed by atoms with Gasteiger partial charge in [-0.3, -0.25) is 14.6 Å². The van der Waals surface area contributed by atoms with Crippen molar-refractivity contribution in [1.82, 2.24) is 9.55 Å². The molecule has 0 bridgehead atoms. The second kappa shape index (κ2) is 8.03. The standard InChI is InChI=1S/C25H21FN2O2/c1-3-12-28-23-14-18(24(29)13-16(2)17-4-7-19(26)8-5-17)6-9-21(23)20-10-11-27-15-22(20)25(28)30/h3-11,14-16H,1,12-13H2,2H3/t16-/m0/s1. The first-order chi connectivity index (χ1) is 14.5. The molecule has 5 heteroatoms. The van der Waals surface area contributed by atoms with E-state index >= 15 is 0 Å². The molecule has 0 saturated carbocycles. The number of halogens is 1. The van der Waals surface area contributed by atoms with E-state index in [-0.39, 0.29) is 23.1 Å². The van der Waals surface area contributed by atoms with Gasteiger partial charge in [-0.1, -0.05) is 37.3 Å². The summed E-state index contributed by atoms with van der Waals surface area (Å²) in [4.78, 5) is 30.0. The lowest BCUT2D eigenvalue weighted by molar-refractivity contribution is 0.0975. The van der Waals surface area contributed by atoms with Gasteiger partial charge in [0.15, 0.2) is 5.78 Å². The topological polar surface area (TPSA) is 52.0 Å². The number of rotatable bonds is 6. The fraction of sp³-hybridized carbons (Fsp3) is 0.160. The zero-order valence-corrected chi connectivity index (χ0v) is 16.6. The molecule has 4 rings (SSSR count). The Morgan fingerprint density at radius 1 is 1.13 bits per heavy atom. The lowest BCUT2D eigenvalue weighted by Crippen LogP contribution is -2.20. The molecule has 1 atom stereocenters. The van der Waals surface area contributed by atoms with Gasteiger partial charge in [-0.2, -0.15) is 0 Å². The van der Waals surface area contributed by atoms with E-state index in [0.717, 1.165) is 16.3 Å². The van der Waals surface area contributed by atoms with Crippen LogP contribution in [0.1, 0.15) is 35.2 Å². The molecule has 0 unspecified atom stereocenters. The van der Waals surface area contributed by atoms with Crippen LogP contribution in [0.15, 0.2) is 78.4 Å². The molecule has 2 aromatic carbocycles. The molecule has 0 spiro atoms. The molecule has 0 aliphatic carbocycles. The van der Waals surface area contributed by atoms with Crippen molar-refractivity contribution in [2.24, 2.45) is 0 Å². The highest BCUT2D eigenvalue weighted by molar-refractivity contribution is 6.08. The Bertz CT molecular complexity index is 1320. The normalized spacial score (nSPS) is 12.2. The van der Waals surface area contributed by atoms with E-state index in [1.54, 1.807) is 47.3 Å². The summed E-state index contributed by atoms with van der Waals surface area (Å²) >= 11 is 0. The van der Waals surface area contributed by atoms with Gasteiger partial charge in [0.25, 0.3) is 5.56 Å². The summed E-state index contributed by atoms with van der Waals surface area (Å²) in [5.74, 6) is -0.373. The molecular weight excluding hydrogens is 379 g/mol. The zero-order valence-electron chi connectivity index (χ0n) is 16.6. The first-order valence-corrected chi connectivity index (χ1v) is 9.79. The highest BCUT2D eigenvalue weighted by Gasteiger charge is 2.16. The quantitative estimate of drug-likeness (QED) is 0.252. The van der Waals surface area contributed by atoms with Crippen molar-refractivity contribution >= 4 is 27.5 Å². The monoisotopic (exact) mass is 400 g/mol. The van der Waals surface area contributed by atoms with Crippen LogP contribution in [-0.2, 0) is 6.54 Å². The molecule has 4 nitrogen and oxygen atoms in total. The number of hydrogen-bond donors (Lipinski definition) is 0. The lowest BCUT2D eigenvalue weighted by Gasteiger charge is -2.14. The summed E-state index contributed by atoms with van der Waals surface area (Å²) in [6.07, 6.45) is 5.18. The predicted molar refractivity (Wildman–Crippen MR) is 117 cm³/mol. The molecule has 0 aliphatic heterocycles. The molecule has 0 fully saturated rings. The summed E-state index contributed by atoms with van der Waals surface area (Å²) in [6.45, 7) is 6.03. The molecule has 2 aromatic heterocycles. The summed E-state index contributed by atoms with van der Waals surface area (Å²) < 4.78 is 14.8. The maximum atomic E-state index is 13.2. The van der Waals surface area contributed by atoms with Crippen LogP contribution in [0, 0.1) is 5.82 Å². The first kappa shape index (κ1) is 19.7. The van der Waals surface area contributed by atoms with E-state index in [2.05, 4.69) is 11.6 Å². The number of nitrogens with zero attached hydrogens (tertiary/aromatic N) is 2. The van der Waals surface area contributed by atoms with Crippen molar-refractivity contribution in [3.8, 4) is 0 Å². The second-order valence-corrected chi connectivity index (χ2v) is 7.44. The molecule has 0 N–H and O–H groups in total. The van der Waals surface area contributed by atoms with Gasteiger partial charge in [-0.15, -0.1) is 6.58 Å². The number of ketones is 1. The number of aromatic nitrogens is 2. The Morgan fingerprint density at radius 3 is 2.63 bits per heavy atom. The molecule has 30 heavy (non-hydrogen) atoms. The van der Waals surface area contributed by atoms with Crippen molar-refractivity contribution < 1.29 is 9.18 Å². The Kier molecular flexibility index (Phi) is 5.27. The number of benzene rings is 2. The Morgan fingerprint density at radius 2 is 1.90 bits per heavy atom. The molecule has 0 saturated heterocycles. The van der Waals surface area contributed by atoms with Crippen LogP contribution in [0.2, 0.25) is 0 Å². The van der Waals surface area contributed by atoms with Crippen LogP contribution in [0.3, 0.4) is 0 Å². The smallest absolute Gasteiger partial charge is 0.260 e. The zero-order chi connectivity index (χ0) is 21.3. The van der Waals surface area contributed by atoms with Gasteiger partial charge in [0.05, 0.1) is 10.9 Å². The van der Waals surface area contributed by atoms with Crippen LogP contribution >= 0.6 is 0 Å². The van der Waals surface area contributed by atoms with E-state index in [9.17, 15) is 14.0 Å². The van der Waals surface area contributed by atoms with Gasteiger partial charge in [-0.05, 0) is 41.1 Å². The molecule has 2 heterocycles. The third-order valence-corrected chi connectivity index (χ3v) is 5.44. The van der Waals surface area contributed by atoms with Crippen molar-refractivity contribution in [1.29, 1.82) is 0 Å². The Labute approximate surface area is 173 Å². The Balaban J connectivity index is 1.77.